The lowest BCUT2D eigenvalue weighted by atomic mass is 10.4. The average molecular weight is 220 g/mol. The number of hydrogen-bond acceptors (Lipinski definition) is 3. The Hall–Kier alpha value is -0.300. The maximum atomic E-state index is 11.6. The molecule has 80 valence electrons. The Morgan fingerprint density at radius 1 is 1.31 bits per heavy atom. The summed E-state index contributed by atoms with van der Waals surface area (Å²) < 4.78 is 60.1. The molecule has 0 aromatic heterocycles. The van der Waals surface area contributed by atoms with Crippen LogP contribution in [0.25, 0.3) is 0 Å². The van der Waals surface area contributed by atoms with E-state index in [1.807, 2.05) is 0 Å². The summed E-state index contributed by atoms with van der Waals surface area (Å²) >= 11 is 0. The summed E-state index contributed by atoms with van der Waals surface area (Å²) in [5.74, 6) is -1.91. The Balaban J connectivity index is 3.96. The number of halogens is 3. The zero-order valence-corrected chi connectivity index (χ0v) is 7.91. The van der Waals surface area contributed by atoms with Gasteiger partial charge in [0.05, 0.1) is 6.61 Å². The summed E-state index contributed by atoms with van der Waals surface area (Å²) in [5, 5.41) is 0. The molecule has 0 heterocycles. The fraction of sp³-hybridized carbons (Fsp3) is 1.00. The number of hydrogen-bond donors (Lipinski definition) is 0. The van der Waals surface area contributed by atoms with E-state index in [0.717, 1.165) is 0 Å². The molecule has 0 atom stereocenters. The van der Waals surface area contributed by atoms with Gasteiger partial charge in [0.1, 0.15) is 0 Å². The van der Waals surface area contributed by atoms with Crippen molar-refractivity contribution in [1.29, 1.82) is 0 Å². The van der Waals surface area contributed by atoms with Crippen LogP contribution in [0.1, 0.15) is 19.8 Å². The second-order valence-electron chi connectivity index (χ2n) is 2.49. The average Bonchev–Trinajstić information content (AvgIpc) is 1.81. The molecule has 0 aliphatic carbocycles. The SMILES string of the molecule is CCCCOS(=O)(=O)CC(F)(F)F. The standard InChI is InChI=1S/C6H11F3O3S/c1-2-3-4-12-13(10,11)5-6(7,8)9/h2-5H2,1H3. The molecule has 0 saturated carbocycles. The topological polar surface area (TPSA) is 43.4 Å². The predicted molar refractivity (Wildman–Crippen MR) is 40.7 cm³/mol. The Kier molecular flexibility index (Phi) is 4.69. The Morgan fingerprint density at radius 3 is 2.23 bits per heavy atom. The van der Waals surface area contributed by atoms with Gasteiger partial charge in [-0.1, -0.05) is 13.3 Å². The minimum atomic E-state index is -4.73. The molecule has 0 saturated heterocycles. The van der Waals surface area contributed by atoms with Crippen LogP contribution in [-0.2, 0) is 14.3 Å². The Morgan fingerprint density at radius 2 is 1.85 bits per heavy atom. The van der Waals surface area contributed by atoms with Gasteiger partial charge in [-0.2, -0.15) is 21.6 Å². The maximum absolute atomic E-state index is 11.6. The van der Waals surface area contributed by atoms with Crippen molar-refractivity contribution in [2.75, 3.05) is 12.4 Å². The van der Waals surface area contributed by atoms with E-state index >= 15 is 0 Å². The van der Waals surface area contributed by atoms with Gasteiger partial charge in [-0.05, 0) is 6.42 Å². The summed E-state index contributed by atoms with van der Waals surface area (Å²) in [4.78, 5) is 0. The molecule has 0 aliphatic heterocycles. The van der Waals surface area contributed by atoms with Crippen molar-refractivity contribution in [2.24, 2.45) is 0 Å². The molecule has 0 aromatic rings. The molecular formula is C6H11F3O3S. The highest BCUT2D eigenvalue weighted by molar-refractivity contribution is 7.86. The van der Waals surface area contributed by atoms with Crippen LogP contribution in [0.5, 0.6) is 0 Å². The maximum Gasteiger partial charge on any atom is 0.405 e. The van der Waals surface area contributed by atoms with Crippen LogP contribution in [0.3, 0.4) is 0 Å². The lowest BCUT2D eigenvalue weighted by Crippen LogP contribution is -2.24. The fourth-order valence-electron chi connectivity index (χ4n) is 0.572. The minimum absolute atomic E-state index is 0.186. The van der Waals surface area contributed by atoms with Crippen molar-refractivity contribution in [3.05, 3.63) is 0 Å². The highest BCUT2D eigenvalue weighted by Gasteiger charge is 2.35. The molecular weight excluding hydrogens is 209 g/mol. The molecule has 13 heavy (non-hydrogen) atoms. The molecule has 7 heteroatoms. The van der Waals surface area contributed by atoms with Crippen LogP contribution in [0.15, 0.2) is 0 Å². The molecule has 0 unspecified atom stereocenters. The highest BCUT2D eigenvalue weighted by atomic mass is 32.2. The monoisotopic (exact) mass is 220 g/mol. The van der Waals surface area contributed by atoms with Crippen LogP contribution in [0.2, 0.25) is 0 Å². The number of rotatable bonds is 5. The normalized spacial score (nSPS) is 13.2. The molecule has 0 rings (SSSR count). The van der Waals surface area contributed by atoms with Crippen LogP contribution < -0.4 is 0 Å². The van der Waals surface area contributed by atoms with Crippen LogP contribution >= 0.6 is 0 Å². The third-order valence-corrected chi connectivity index (χ3v) is 2.31. The highest BCUT2D eigenvalue weighted by Crippen LogP contribution is 2.18. The van der Waals surface area contributed by atoms with E-state index < -0.39 is 22.0 Å². The van der Waals surface area contributed by atoms with E-state index in [2.05, 4.69) is 4.18 Å². The summed E-state index contributed by atoms with van der Waals surface area (Å²) in [6, 6.07) is 0. The van der Waals surface area contributed by atoms with Crippen molar-refractivity contribution in [1.82, 2.24) is 0 Å². The first-order valence-corrected chi connectivity index (χ1v) is 5.28. The summed E-state index contributed by atoms with van der Waals surface area (Å²) in [7, 11) is -4.44. The molecule has 0 radical (unpaired) electrons. The van der Waals surface area contributed by atoms with E-state index in [9.17, 15) is 21.6 Å². The largest absolute Gasteiger partial charge is 0.405 e. The Bertz CT molecular complexity index is 232. The lowest BCUT2D eigenvalue weighted by Gasteiger charge is -2.07. The van der Waals surface area contributed by atoms with Gasteiger partial charge >= 0.3 is 6.18 Å². The Labute approximate surface area is 75.0 Å². The first-order valence-electron chi connectivity index (χ1n) is 3.70. The van der Waals surface area contributed by atoms with E-state index in [1.54, 1.807) is 6.92 Å². The molecule has 0 aliphatic rings. The van der Waals surface area contributed by atoms with Crippen molar-refractivity contribution in [3.63, 3.8) is 0 Å². The van der Waals surface area contributed by atoms with Gasteiger partial charge in [0.15, 0.2) is 5.75 Å². The number of unbranched alkanes of at least 4 members (excludes halogenated alkanes) is 1. The van der Waals surface area contributed by atoms with Crippen LogP contribution in [0, 0.1) is 0 Å². The smallest absolute Gasteiger partial charge is 0.270 e. The van der Waals surface area contributed by atoms with Crippen molar-refractivity contribution in [2.45, 2.75) is 25.9 Å². The zero-order chi connectivity index (χ0) is 10.5. The molecule has 0 aromatic carbocycles. The second-order valence-corrected chi connectivity index (χ2v) is 4.13. The third-order valence-electron chi connectivity index (χ3n) is 1.10. The van der Waals surface area contributed by atoms with E-state index in [1.165, 1.54) is 0 Å². The minimum Gasteiger partial charge on any atom is -0.270 e. The number of alkyl halides is 3. The summed E-state index contributed by atoms with van der Waals surface area (Å²) in [6.07, 6.45) is -3.64. The van der Waals surface area contributed by atoms with Gasteiger partial charge in [0.2, 0.25) is 0 Å². The quantitative estimate of drug-likeness (QED) is 0.523. The molecule has 0 spiro atoms. The van der Waals surface area contributed by atoms with E-state index in [-0.39, 0.29) is 6.61 Å². The lowest BCUT2D eigenvalue weighted by molar-refractivity contribution is -0.107. The van der Waals surface area contributed by atoms with Crippen molar-refractivity contribution < 1.29 is 25.8 Å². The van der Waals surface area contributed by atoms with E-state index in [0.29, 0.717) is 12.8 Å². The van der Waals surface area contributed by atoms with Crippen LogP contribution in [0.4, 0.5) is 13.2 Å². The van der Waals surface area contributed by atoms with Gasteiger partial charge in [-0.25, -0.2) is 0 Å². The van der Waals surface area contributed by atoms with Crippen molar-refractivity contribution in [3.8, 4) is 0 Å². The molecule has 0 amide bonds. The third kappa shape index (κ3) is 8.04. The first kappa shape index (κ1) is 12.7. The van der Waals surface area contributed by atoms with E-state index in [4.69, 9.17) is 0 Å². The fourth-order valence-corrected chi connectivity index (χ4v) is 1.43. The summed E-state index contributed by atoms with van der Waals surface area (Å²) in [6.45, 7) is 1.59. The molecule has 0 N–H and O–H groups in total. The predicted octanol–water partition coefficient (Wildman–Crippen LogP) is 1.70. The van der Waals surface area contributed by atoms with Crippen LogP contribution in [-0.4, -0.2) is 27.0 Å². The van der Waals surface area contributed by atoms with Crippen molar-refractivity contribution >= 4 is 10.1 Å². The molecule has 0 bridgehead atoms. The molecule has 3 nitrogen and oxygen atoms in total. The van der Waals surface area contributed by atoms with Gasteiger partial charge in [0, 0.05) is 0 Å². The van der Waals surface area contributed by atoms with Gasteiger partial charge in [-0.15, -0.1) is 0 Å². The first-order chi connectivity index (χ1) is 5.77. The molecule has 0 fully saturated rings. The summed E-state index contributed by atoms with van der Waals surface area (Å²) in [5.41, 5.74) is 0. The van der Waals surface area contributed by atoms with Gasteiger partial charge in [-0.3, -0.25) is 4.18 Å². The second kappa shape index (κ2) is 4.80. The van der Waals surface area contributed by atoms with Gasteiger partial charge < -0.3 is 0 Å². The van der Waals surface area contributed by atoms with Gasteiger partial charge in [0.25, 0.3) is 10.1 Å². The zero-order valence-electron chi connectivity index (χ0n) is 7.10.